The van der Waals surface area contributed by atoms with Crippen LogP contribution in [-0.4, -0.2) is 29.8 Å². The van der Waals surface area contributed by atoms with E-state index in [1.54, 1.807) is 12.1 Å². The number of carbonyl (C=O) groups excluding carboxylic acids is 1. The predicted octanol–water partition coefficient (Wildman–Crippen LogP) is 3.54. The topological polar surface area (TPSA) is 58.6 Å². The van der Waals surface area contributed by atoms with Gasteiger partial charge in [-0.2, -0.15) is 0 Å². The van der Waals surface area contributed by atoms with E-state index in [4.69, 9.17) is 4.74 Å². The zero-order chi connectivity index (χ0) is 15.6. The first-order chi connectivity index (χ1) is 9.81. The largest absolute Gasteiger partial charge is 0.506 e. The van der Waals surface area contributed by atoms with Crippen molar-refractivity contribution >= 4 is 51.2 Å². The number of benzene rings is 1. The number of halogens is 2. The maximum atomic E-state index is 12.4. The second kappa shape index (κ2) is 6.99. The molecule has 0 spiro atoms. The smallest absolute Gasteiger partial charge is 0.338 e. The number of phenols is 1. The fourth-order valence-corrected chi connectivity index (χ4v) is 4.35. The van der Waals surface area contributed by atoms with Crippen molar-refractivity contribution in [2.45, 2.75) is 32.3 Å². The minimum absolute atomic E-state index is 0.213. The van der Waals surface area contributed by atoms with Gasteiger partial charge in [0.05, 0.1) is 12.7 Å². The van der Waals surface area contributed by atoms with E-state index in [-0.39, 0.29) is 11.7 Å². The summed E-state index contributed by atoms with van der Waals surface area (Å²) in [6.45, 7) is 5.91. The molecule has 0 atom stereocenters. The van der Waals surface area contributed by atoms with Crippen LogP contribution in [0.2, 0.25) is 0 Å². The molecule has 1 aliphatic heterocycles. The second-order valence-electron chi connectivity index (χ2n) is 5.81. The minimum Gasteiger partial charge on any atom is -0.506 e. The van der Waals surface area contributed by atoms with Crippen LogP contribution in [0.15, 0.2) is 12.1 Å². The Morgan fingerprint density at radius 2 is 1.81 bits per heavy atom. The van der Waals surface area contributed by atoms with Gasteiger partial charge in [-0.25, -0.2) is 4.79 Å². The van der Waals surface area contributed by atoms with Crippen LogP contribution in [0.25, 0.3) is 0 Å². The lowest BCUT2D eigenvalue weighted by molar-refractivity contribution is -0.0368. The minimum atomic E-state index is -0.478. The van der Waals surface area contributed by atoms with E-state index in [1.165, 1.54) is 0 Å². The summed E-state index contributed by atoms with van der Waals surface area (Å²) >= 11 is 4.04. The van der Waals surface area contributed by atoms with Crippen molar-refractivity contribution in [3.8, 4) is 5.75 Å². The van der Waals surface area contributed by atoms with Gasteiger partial charge < -0.3 is 15.2 Å². The Labute approximate surface area is 152 Å². The Kier molecular flexibility index (Phi) is 5.75. The van der Waals surface area contributed by atoms with Crippen molar-refractivity contribution in [1.29, 1.82) is 0 Å². The number of aromatic hydroxyl groups is 1. The van der Waals surface area contributed by atoms with Gasteiger partial charge in [-0.15, -0.1) is 0 Å². The van der Waals surface area contributed by atoms with Gasteiger partial charge in [0.15, 0.2) is 0 Å². The molecule has 1 aliphatic rings. The molecule has 1 aromatic carbocycles. The zero-order valence-corrected chi connectivity index (χ0v) is 16.4. The third kappa shape index (κ3) is 4.22. The van der Waals surface area contributed by atoms with Crippen LogP contribution in [0, 0.1) is 13.1 Å². The molecule has 2 rings (SSSR count). The summed E-state index contributed by atoms with van der Waals surface area (Å²) in [6.07, 6.45) is 2.04. The van der Waals surface area contributed by atoms with Crippen LogP contribution < -0.4 is 5.32 Å². The molecule has 0 aromatic heterocycles. The molecule has 1 saturated heterocycles. The van der Waals surface area contributed by atoms with E-state index >= 15 is 0 Å². The molecule has 0 amide bonds. The summed E-state index contributed by atoms with van der Waals surface area (Å²) in [5.41, 5.74) is 0.0112. The maximum absolute atomic E-state index is 12.4. The normalized spacial score (nSPS) is 16.8. The first-order valence-electron chi connectivity index (χ1n) is 6.93. The van der Waals surface area contributed by atoms with Crippen LogP contribution >= 0.6 is 45.2 Å². The third-order valence-electron chi connectivity index (χ3n) is 3.93. The lowest BCUT2D eigenvalue weighted by atomic mass is 9.83. The Hall–Kier alpha value is -0.0900. The summed E-state index contributed by atoms with van der Waals surface area (Å²) in [6, 6.07) is 3.33. The van der Waals surface area contributed by atoms with Crippen LogP contribution in [0.3, 0.4) is 0 Å². The number of ether oxygens (including phenoxy) is 1. The van der Waals surface area contributed by atoms with Crippen molar-refractivity contribution < 1.29 is 14.6 Å². The molecule has 2 N–H and O–H groups in total. The highest BCUT2D eigenvalue weighted by molar-refractivity contribution is 14.1. The summed E-state index contributed by atoms with van der Waals surface area (Å²) in [5.74, 6) is 0.262. The number of nitrogens with one attached hydrogen (secondary N) is 1. The summed E-state index contributed by atoms with van der Waals surface area (Å²) in [4.78, 5) is 12.4. The van der Waals surface area contributed by atoms with Crippen LogP contribution in [-0.2, 0) is 4.74 Å². The Morgan fingerprint density at radius 3 is 2.33 bits per heavy atom. The summed E-state index contributed by atoms with van der Waals surface area (Å²) < 4.78 is 7.08. The zero-order valence-electron chi connectivity index (χ0n) is 12.1. The monoisotopic (exact) mass is 515 g/mol. The molecular weight excluding hydrogens is 496 g/mol. The van der Waals surface area contributed by atoms with Crippen LogP contribution in [0.4, 0.5) is 0 Å². The van der Waals surface area contributed by atoms with Gasteiger partial charge >= 0.3 is 5.97 Å². The van der Waals surface area contributed by atoms with E-state index < -0.39 is 5.60 Å². The highest BCUT2D eigenvalue weighted by Gasteiger charge is 2.34. The Bertz CT molecular complexity index is 517. The molecular formula is C15H19I2NO3. The first-order valence-corrected chi connectivity index (χ1v) is 9.09. The molecule has 0 aliphatic carbocycles. The van der Waals surface area contributed by atoms with Crippen LogP contribution in [0.5, 0.6) is 5.75 Å². The molecule has 4 nitrogen and oxygen atoms in total. The molecule has 1 fully saturated rings. The van der Waals surface area contributed by atoms with E-state index in [1.807, 2.05) is 59.0 Å². The van der Waals surface area contributed by atoms with Crippen LogP contribution in [0.1, 0.15) is 37.0 Å². The van der Waals surface area contributed by atoms with Gasteiger partial charge in [-0.05, 0) is 97.1 Å². The van der Waals surface area contributed by atoms with Crippen molar-refractivity contribution in [2.75, 3.05) is 13.1 Å². The fourth-order valence-electron chi connectivity index (χ4n) is 2.58. The average Bonchev–Trinajstić information content (AvgIpc) is 2.44. The third-order valence-corrected chi connectivity index (χ3v) is 5.58. The van der Waals surface area contributed by atoms with Crippen molar-refractivity contribution in [3.05, 3.63) is 24.8 Å². The van der Waals surface area contributed by atoms with Crippen molar-refractivity contribution in [3.63, 3.8) is 0 Å². The number of esters is 1. The molecule has 0 saturated carbocycles. The lowest BCUT2D eigenvalue weighted by Crippen LogP contribution is -2.42. The quantitative estimate of drug-likeness (QED) is 0.478. The van der Waals surface area contributed by atoms with Crippen molar-refractivity contribution in [1.82, 2.24) is 5.32 Å². The number of carbonyl (C=O) groups is 1. The number of rotatable bonds is 3. The van der Waals surface area contributed by atoms with Gasteiger partial charge in [-0.3, -0.25) is 0 Å². The summed E-state index contributed by atoms with van der Waals surface area (Å²) in [5, 5.41) is 13.1. The van der Waals surface area contributed by atoms with E-state index in [9.17, 15) is 9.90 Å². The molecule has 116 valence electrons. The molecule has 0 radical (unpaired) electrons. The number of piperidine rings is 1. The number of hydrogen-bond donors (Lipinski definition) is 2. The van der Waals surface area contributed by atoms with Gasteiger partial charge in [0.2, 0.25) is 0 Å². The van der Waals surface area contributed by atoms with E-state index in [0.29, 0.717) is 18.6 Å². The van der Waals surface area contributed by atoms with Gasteiger partial charge in [0, 0.05) is 5.92 Å². The Balaban J connectivity index is 2.13. The van der Waals surface area contributed by atoms with E-state index in [0.717, 1.165) is 25.9 Å². The number of phenolic OH excluding ortho intramolecular Hbond substituents is 1. The molecule has 1 heterocycles. The highest BCUT2D eigenvalue weighted by Crippen LogP contribution is 2.32. The highest BCUT2D eigenvalue weighted by atomic mass is 127. The van der Waals surface area contributed by atoms with Crippen molar-refractivity contribution in [2.24, 2.45) is 5.92 Å². The molecule has 1 aromatic rings. The second-order valence-corrected chi connectivity index (χ2v) is 8.13. The van der Waals surface area contributed by atoms with Gasteiger partial charge in [0.25, 0.3) is 0 Å². The lowest BCUT2D eigenvalue weighted by Gasteiger charge is -2.36. The maximum Gasteiger partial charge on any atom is 0.338 e. The number of hydrogen-bond acceptors (Lipinski definition) is 4. The van der Waals surface area contributed by atoms with Gasteiger partial charge in [0.1, 0.15) is 11.4 Å². The predicted molar refractivity (Wildman–Crippen MR) is 98.6 cm³/mol. The average molecular weight is 515 g/mol. The SMILES string of the molecule is CC(C)(OC(=O)c1cc(I)c(O)c(I)c1)C1CCNCC1. The van der Waals surface area contributed by atoms with E-state index in [2.05, 4.69) is 5.32 Å². The summed E-state index contributed by atoms with van der Waals surface area (Å²) in [7, 11) is 0. The molecule has 6 heteroatoms. The molecule has 0 unspecified atom stereocenters. The first kappa shape index (κ1) is 17.3. The van der Waals surface area contributed by atoms with Gasteiger partial charge in [-0.1, -0.05) is 0 Å². The molecule has 0 bridgehead atoms. The Morgan fingerprint density at radius 1 is 1.29 bits per heavy atom. The fraction of sp³-hybridized carbons (Fsp3) is 0.533. The standard InChI is InChI=1S/C15H19I2NO3/c1-15(2,10-3-5-18-6-4-10)21-14(20)9-7-11(16)13(19)12(17)8-9/h7-8,10,18-19H,3-6H2,1-2H3. The molecule has 21 heavy (non-hydrogen) atoms.